The Kier molecular flexibility index (Phi) is 2.04. The highest BCUT2D eigenvalue weighted by atomic mass is 16.4. The normalized spacial score (nSPS) is 15.3. The molecule has 0 aromatic carbocycles. The van der Waals surface area contributed by atoms with E-state index >= 15 is 0 Å². The fourth-order valence-corrected chi connectivity index (χ4v) is 1.89. The minimum Gasteiger partial charge on any atom is -0.480 e. The Morgan fingerprint density at radius 3 is 2.88 bits per heavy atom. The third-order valence-corrected chi connectivity index (χ3v) is 2.92. The number of hydrogen-bond donors (Lipinski definition) is 1. The van der Waals surface area contributed by atoms with Gasteiger partial charge in [0.2, 0.25) is 0 Å². The second kappa shape index (κ2) is 3.44. The molecule has 2 heterocycles. The molecule has 1 fully saturated rings. The lowest BCUT2D eigenvalue weighted by Gasteiger charge is -2.01. The molecule has 17 heavy (non-hydrogen) atoms. The Balaban J connectivity index is 2.12. The average molecular weight is 233 g/mol. The van der Waals surface area contributed by atoms with E-state index in [0.717, 1.165) is 18.5 Å². The molecule has 3 rings (SSSR count). The number of hydrogen-bond acceptors (Lipinski definition) is 3. The summed E-state index contributed by atoms with van der Waals surface area (Å²) in [4.78, 5) is 22.6. The Morgan fingerprint density at radius 1 is 1.47 bits per heavy atom. The maximum atomic E-state index is 12.0. The van der Waals surface area contributed by atoms with Gasteiger partial charge < -0.3 is 9.67 Å². The van der Waals surface area contributed by atoms with Crippen LogP contribution in [0.25, 0.3) is 5.52 Å². The van der Waals surface area contributed by atoms with Crippen molar-refractivity contribution in [1.29, 1.82) is 0 Å². The summed E-state index contributed by atoms with van der Waals surface area (Å²) in [7, 11) is 0. The van der Waals surface area contributed by atoms with Crippen molar-refractivity contribution in [2.45, 2.75) is 25.3 Å². The van der Waals surface area contributed by atoms with Crippen LogP contribution in [0, 0.1) is 0 Å². The van der Waals surface area contributed by atoms with Gasteiger partial charge in [0.1, 0.15) is 12.1 Å². The number of carboxylic acids is 1. The molecule has 0 bridgehead atoms. The van der Waals surface area contributed by atoms with Crippen LogP contribution in [0.4, 0.5) is 0 Å². The van der Waals surface area contributed by atoms with Crippen LogP contribution >= 0.6 is 0 Å². The SMILES string of the molecule is O=C(O)Cn1ccn2nc(C3CC3)cc2c1=O. The Morgan fingerprint density at radius 2 is 2.24 bits per heavy atom. The van der Waals surface area contributed by atoms with E-state index in [4.69, 9.17) is 5.11 Å². The maximum absolute atomic E-state index is 12.0. The van der Waals surface area contributed by atoms with Crippen molar-refractivity contribution in [3.05, 3.63) is 34.5 Å². The zero-order chi connectivity index (χ0) is 12.0. The van der Waals surface area contributed by atoms with E-state index in [1.165, 1.54) is 15.3 Å². The quantitative estimate of drug-likeness (QED) is 0.835. The van der Waals surface area contributed by atoms with Crippen LogP contribution in [0.1, 0.15) is 24.5 Å². The summed E-state index contributed by atoms with van der Waals surface area (Å²) in [6.07, 6.45) is 5.30. The van der Waals surface area contributed by atoms with Crippen LogP contribution in [0.3, 0.4) is 0 Å². The Labute approximate surface area is 96.1 Å². The molecule has 2 aromatic heterocycles. The zero-order valence-electron chi connectivity index (χ0n) is 9.04. The molecule has 2 aromatic rings. The van der Waals surface area contributed by atoms with Crippen LogP contribution < -0.4 is 5.56 Å². The third-order valence-electron chi connectivity index (χ3n) is 2.92. The zero-order valence-corrected chi connectivity index (χ0v) is 9.04. The lowest BCUT2D eigenvalue weighted by molar-refractivity contribution is -0.137. The Hall–Kier alpha value is -2.11. The molecule has 1 aliphatic carbocycles. The van der Waals surface area contributed by atoms with Gasteiger partial charge in [0.25, 0.3) is 5.56 Å². The summed E-state index contributed by atoms with van der Waals surface area (Å²) in [5.41, 5.74) is 1.06. The molecule has 1 aliphatic rings. The lowest BCUT2D eigenvalue weighted by atomic mass is 10.3. The van der Waals surface area contributed by atoms with Gasteiger partial charge in [0.15, 0.2) is 0 Å². The van der Waals surface area contributed by atoms with Crippen molar-refractivity contribution in [2.24, 2.45) is 0 Å². The van der Waals surface area contributed by atoms with Crippen LogP contribution in [0.15, 0.2) is 23.3 Å². The van der Waals surface area contributed by atoms with Crippen LogP contribution in [-0.4, -0.2) is 25.3 Å². The summed E-state index contributed by atoms with van der Waals surface area (Å²) in [5.74, 6) is -0.555. The van der Waals surface area contributed by atoms with Crippen LogP contribution in [0.5, 0.6) is 0 Å². The molecule has 1 saturated carbocycles. The fourth-order valence-electron chi connectivity index (χ4n) is 1.89. The number of carboxylic acid groups (broad SMARTS) is 1. The number of fused-ring (bicyclic) bond motifs is 1. The van der Waals surface area contributed by atoms with E-state index in [0.29, 0.717) is 11.4 Å². The molecular weight excluding hydrogens is 222 g/mol. The van der Waals surface area contributed by atoms with Gasteiger partial charge >= 0.3 is 5.97 Å². The number of aromatic nitrogens is 3. The largest absolute Gasteiger partial charge is 0.480 e. The van der Waals surface area contributed by atoms with E-state index in [1.807, 2.05) is 0 Å². The van der Waals surface area contributed by atoms with Crippen molar-refractivity contribution < 1.29 is 9.90 Å². The molecule has 0 saturated heterocycles. The van der Waals surface area contributed by atoms with Crippen LogP contribution in [-0.2, 0) is 11.3 Å². The predicted molar refractivity (Wildman–Crippen MR) is 59.1 cm³/mol. The van der Waals surface area contributed by atoms with Crippen molar-refractivity contribution in [3.8, 4) is 0 Å². The highest BCUT2D eigenvalue weighted by Crippen LogP contribution is 2.39. The fraction of sp³-hybridized carbons (Fsp3) is 0.364. The highest BCUT2D eigenvalue weighted by molar-refractivity contribution is 5.66. The summed E-state index contributed by atoms with van der Waals surface area (Å²) in [5, 5.41) is 13.0. The molecule has 0 amide bonds. The highest BCUT2D eigenvalue weighted by Gasteiger charge is 2.26. The molecule has 6 heteroatoms. The molecule has 0 spiro atoms. The molecule has 6 nitrogen and oxygen atoms in total. The van der Waals surface area contributed by atoms with Gasteiger partial charge in [-0.05, 0) is 18.9 Å². The molecule has 88 valence electrons. The first-order valence-corrected chi connectivity index (χ1v) is 5.45. The van der Waals surface area contributed by atoms with Gasteiger partial charge in [-0.3, -0.25) is 9.59 Å². The number of nitrogens with zero attached hydrogens (tertiary/aromatic N) is 3. The van der Waals surface area contributed by atoms with Crippen LogP contribution in [0.2, 0.25) is 0 Å². The second-order valence-corrected chi connectivity index (χ2v) is 4.30. The topological polar surface area (TPSA) is 76.6 Å². The standard InChI is InChI=1S/C11H11N3O3/c15-10(16)6-13-3-4-14-9(11(13)17)5-8(12-14)7-1-2-7/h3-5,7H,1-2,6H2,(H,15,16). The molecule has 1 N–H and O–H groups in total. The summed E-state index contributed by atoms with van der Waals surface area (Å²) >= 11 is 0. The van der Waals surface area contributed by atoms with Gasteiger partial charge in [0.05, 0.1) is 5.69 Å². The van der Waals surface area contributed by atoms with Crippen molar-refractivity contribution in [3.63, 3.8) is 0 Å². The molecular formula is C11H11N3O3. The number of aliphatic carboxylic acids is 1. The minimum atomic E-state index is -1.03. The molecule has 0 aliphatic heterocycles. The van der Waals surface area contributed by atoms with Crippen molar-refractivity contribution in [1.82, 2.24) is 14.2 Å². The third kappa shape index (κ3) is 1.71. The molecule has 0 radical (unpaired) electrons. The lowest BCUT2D eigenvalue weighted by Crippen LogP contribution is -2.24. The summed E-state index contributed by atoms with van der Waals surface area (Å²) in [6.45, 7) is -0.320. The number of rotatable bonds is 3. The first-order chi connectivity index (χ1) is 8.15. The molecule has 0 atom stereocenters. The second-order valence-electron chi connectivity index (χ2n) is 4.30. The monoisotopic (exact) mass is 233 g/mol. The molecule has 0 unspecified atom stereocenters. The van der Waals surface area contributed by atoms with Gasteiger partial charge in [0, 0.05) is 18.3 Å². The first kappa shape index (κ1) is 10.1. The predicted octanol–water partition coefficient (Wildman–Crippen LogP) is 0.458. The summed E-state index contributed by atoms with van der Waals surface area (Å²) < 4.78 is 2.70. The minimum absolute atomic E-state index is 0.311. The summed E-state index contributed by atoms with van der Waals surface area (Å²) in [6, 6.07) is 1.76. The maximum Gasteiger partial charge on any atom is 0.323 e. The van der Waals surface area contributed by atoms with Crippen molar-refractivity contribution >= 4 is 11.5 Å². The van der Waals surface area contributed by atoms with E-state index < -0.39 is 5.97 Å². The van der Waals surface area contributed by atoms with Crippen molar-refractivity contribution in [2.75, 3.05) is 0 Å². The van der Waals surface area contributed by atoms with E-state index in [-0.39, 0.29) is 12.1 Å². The van der Waals surface area contributed by atoms with Gasteiger partial charge in [-0.25, -0.2) is 4.52 Å². The number of carbonyl (C=O) groups is 1. The Bertz CT molecular complexity index is 652. The smallest absolute Gasteiger partial charge is 0.323 e. The van der Waals surface area contributed by atoms with Gasteiger partial charge in [-0.1, -0.05) is 0 Å². The van der Waals surface area contributed by atoms with E-state index in [1.54, 1.807) is 12.3 Å². The van der Waals surface area contributed by atoms with Gasteiger partial charge in [-0.2, -0.15) is 5.10 Å². The van der Waals surface area contributed by atoms with E-state index in [9.17, 15) is 9.59 Å². The average Bonchev–Trinajstić information content (AvgIpc) is 3.02. The van der Waals surface area contributed by atoms with Gasteiger partial charge in [-0.15, -0.1) is 0 Å². The van der Waals surface area contributed by atoms with E-state index in [2.05, 4.69) is 5.10 Å². The first-order valence-electron chi connectivity index (χ1n) is 5.45.